The third-order valence-corrected chi connectivity index (χ3v) is 4.69. The molecule has 0 saturated heterocycles. The first-order valence-electron chi connectivity index (χ1n) is 7.16. The van der Waals surface area contributed by atoms with Crippen molar-refractivity contribution in [1.82, 2.24) is 14.1 Å². The Morgan fingerprint density at radius 1 is 1.19 bits per heavy atom. The van der Waals surface area contributed by atoms with Gasteiger partial charge in [0.15, 0.2) is 5.52 Å². The minimum atomic E-state index is 0.941. The van der Waals surface area contributed by atoms with Crippen molar-refractivity contribution in [2.24, 2.45) is 14.1 Å². The summed E-state index contributed by atoms with van der Waals surface area (Å²) in [6.07, 6.45) is 3.84. The Morgan fingerprint density at radius 3 is 2.95 bits per heavy atom. The molecule has 4 aromatic rings. The highest BCUT2D eigenvalue weighted by Gasteiger charge is 2.33. The van der Waals surface area contributed by atoms with Gasteiger partial charge in [-0.3, -0.25) is 9.55 Å². The van der Waals surface area contributed by atoms with Gasteiger partial charge in [0.25, 0.3) is 5.65 Å². The van der Waals surface area contributed by atoms with Crippen molar-refractivity contribution in [2.45, 2.75) is 6.54 Å². The summed E-state index contributed by atoms with van der Waals surface area (Å²) in [5.41, 5.74) is 6.51. The second-order valence-corrected chi connectivity index (χ2v) is 5.75. The lowest BCUT2D eigenvalue weighted by Gasteiger charge is -1.98. The summed E-state index contributed by atoms with van der Waals surface area (Å²) in [6, 6.07) is 10.8. The van der Waals surface area contributed by atoms with Gasteiger partial charge in [-0.1, -0.05) is 18.2 Å². The minimum absolute atomic E-state index is 0.941. The van der Waals surface area contributed by atoms with Crippen LogP contribution in [0.5, 0.6) is 0 Å². The van der Waals surface area contributed by atoms with Crippen LogP contribution >= 0.6 is 0 Å². The molecular formula is C17H15N4+. The van der Waals surface area contributed by atoms with E-state index in [1.165, 1.54) is 39.0 Å². The van der Waals surface area contributed by atoms with E-state index in [1.807, 2.05) is 12.4 Å². The molecule has 0 unspecified atom stereocenters. The van der Waals surface area contributed by atoms with Gasteiger partial charge in [-0.25, -0.2) is 9.13 Å². The van der Waals surface area contributed by atoms with Crippen molar-refractivity contribution < 1.29 is 4.57 Å². The SMILES string of the molecule is Cn1c2ccncc2c2c1[n+](C)c1n2Cc2ccccc2-1. The fourth-order valence-electron chi connectivity index (χ4n) is 3.82. The summed E-state index contributed by atoms with van der Waals surface area (Å²) in [5, 5.41) is 1.23. The van der Waals surface area contributed by atoms with Crippen LogP contribution in [0.25, 0.3) is 33.5 Å². The van der Waals surface area contributed by atoms with Gasteiger partial charge in [-0.2, -0.15) is 0 Å². The lowest BCUT2D eigenvalue weighted by Crippen LogP contribution is -2.31. The molecule has 3 aromatic heterocycles. The molecule has 0 radical (unpaired) electrons. The Bertz CT molecular complexity index is 1040. The maximum Gasteiger partial charge on any atom is 0.269 e. The summed E-state index contributed by atoms with van der Waals surface area (Å²) >= 11 is 0. The lowest BCUT2D eigenvalue weighted by atomic mass is 10.1. The summed E-state index contributed by atoms with van der Waals surface area (Å²) < 4.78 is 6.99. The van der Waals surface area contributed by atoms with Gasteiger partial charge in [-0.15, -0.1) is 0 Å². The number of imidazole rings is 1. The Kier molecular flexibility index (Phi) is 1.86. The van der Waals surface area contributed by atoms with E-state index < -0.39 is 0 Å². The first-order chi connectivity index (χ1) is 10.3. The van der Waals surface area contributed by atoms with Crippen LogP contribution in [-0.4, -0.2) is 14.1 Å². The number of hydrogen-bond donors (Lipinski definition) is 0. The number of fused-ring (bicyclic) bond motifs is 7. The minimum Gasteiger partial charge on any atom is -0.264 e. The van der Waals surface area contributed by atoms with E-state index in [0.717, 1.165) is 6.54 Å². The number of nitrogens with zero attached hydrogens (tertiary/aromatic N) is 4. The normalized spacial score (nSPS) is 13.0. The Balaban J connectivity index is 2.03. The van der Waals surface area contributed by atoms with E-state index in [2.05, 4.69) is 63.1 Å². The smallest absolute Gasteiger partial charge is 0.264 e. The van der Waals surface area contributed by atoms with E-state index in [1.54, 1.807) is 0 Å². The highest BCUT2D eigenvalue weighted by molar-refractivity contribution is 6.04. The largest absolute Gasteiger partial charge is 0.269 e. The van der Waals surface area contributed by atoms with Gasteiger partial charge in [0.05, 0.1) is 31.6 Å². The molecule has 0 amide bonds. The van der Waals surface area contributed by atoms with Crippen molar-refractivity contribution >= 4 is 22.1 Å². The molecule has 5 rings (SSSR count). The number of hydrogen-bond acceptors (Lipinski definition) is 1. The molecule has 21 heavy (non-hydrogen) atoms. The van der Waals surface area contributed by atoms with Crippen molar-refractivity contribution in [3.05, 3.63) is 48.3 Å². The van der Waals surface area contributed by atoms with Crippen LogP contribution in [0.15, 0.2) is 42.7 Å². The van der Waals surface area contributed by atoms with Gasteiger partial charge in [0.1, 0.15) is 5.52 Å². The van der Waals surface area contributed by atoms with Crippen LogP contribution in [0, 0.1) is 0 Å². The third-order valence-electron chi connectivity index (χ3n) is 4.69. The molecule has 1 aliphatic rings. The third kappa shape index (κ3) is 1.17. The van der Waals surface area contributed by atoms with Gasteiger partial charge in [0, 0.05) is 12.4 Å². The monoisotopic (exact) mass is 275 g/mol. The number of aromatic nitrogens is 4. The van der Waals surface area contributed by atoms with Crippen molar-refractivity contribution in [3.8, 4) is 11.4 Å². The summed E-state index contributed by atoms with van der Waals surface area (Å²) in [4.78, 5) is 4.32. The topological polar surface area (TPSA) is 26.6 Å². The Hall–Kier alpha value is -2.62. The first-order valence-corrected chi connectivity index (χ1v) is 7.16. The molecule has 0 spiro atoms. The average molecular weight is 275 g/mol. The number of aryl methyl sites for hydroxylation is 2. The average Bonchev–Trinajstić information content (AvgIpc) is 3.11. The second-order valence-electron chi connectivity index (χ2n) is 5.75. The van der Waals surface area contributed by atoms with Crippen molar-refractivity contribution in [3.63, 3.8) is 0 Å². The fraction of sp³-hybridized carbons (Fsp3) is 0.176. The van der Waals surface area contributed by atoms with Crippen LogP contribution in [0.1, 0.15) is 5.56 Å². The molecule has 0 bridgehead atoms. The van der Waals surface area contributed by atoms with Crippen LogP contribution in [-0.2, 0) is 20.6 Å². The molecular weight excluding hydrogens is 260 g/mol. The zero-order valence-electron chi connectivity index (χ0n) is 12.0. The quantitative estimate of drug-likeness (QED) is 0.399. The van der Waals surface area contributed by atoms with Crippen molar-refractivity contribution in [1.29, 1.82) is 0 Å². The maximum absolute atomic E-state index is 4.32. The molecule has 4 heterocycles. The molecule has 102 valence electrons. The Morgan fingerprint density at radius 2 is 2.05 bits per heavy atom. The highest BCUT2D eigenvalue weighted by Crippen LogP contribution is 2.36. The molecule has 4 heteroatoms. The summed E-state index contributed by atoms with van der Waals surface area (Å²) in [6.45, 7) is 0.941. The molecule has 4 nitrogen and oxygen atoms in total. The standard InChI is InChI=1S/C17H15N4/c1-19-14-7-8-18-9-13(14)15-17(19)20(2)16-12-6-4-3-5-11(12)10-21(15)16/h3-9H,10H2,1-2H3/q+1. The predicted octanol–water partition coefficient (Wildman–Crippen LogP) is 2.38. The lowest BCUT2D eigenvalue weighted by molar-refractivity contribution is -0.636. The fourth-order valence-corrected chi connectivity index (χ4v) is 3.82. The van der Waals surface area contributed by atoms with Crippen LogP contribution in [0.2, 0.25) is 0 Å². The zero-order valence-corrected chi connectivity index (χ0v) is 12.0. The maximum atomic E-state index is 4.32. The molecule has 0 saturated carbocycles. The molecule has 1 aliphatic heterocycles. The number of rotatable bonds is 0. The van der Waals surface area contributed by atoms with Crippen molar-refractivity contribution in [2.75, 3.05) is 0 Å². The highest BCUT2D eigenvalue weighted by atomic mass is 15.2. The first kappa shape index (κ1) is 11.1. The second kappa shape index (κ2) is 3.52. The van der Waals surface area contributed by atoms with E-state index in [4.69, 9.17) is 0 Å². The van der Waals surface area contributed by atoms with E-state index in [9.17, 15) is 0 Å². The van der Waals surface area contributed by atoms with E-state index in [0.29, 0.717) is 0 Å². The summed E-state index contributed by atoms with van der Waals surface area (Å²) in [5.74, 6) is 1.29. The predicted molar refractivity (Wildman–Crippen MR) is 81.9 cm³/mol. The molecule has 0 atom stereocenters. The van der Waals surface area contributed by atoms with E-state index in [-0.39, 0.29) is 0 Å². The number of pyridine rings is 1. The van der Waals surface area contributed by atoms with Crippen LogP contribution < -0.4 is 4.57 Å². The molecule has 1 aromatic carbocycles. The number of benzene rings is 1. The molecule has 0 N–H and O–H groups in total. The summed E-state index contributed by atoms with van der Waals surface area (Å²) in [7, 11) is 4.29. The van der Waals surface area contributed by atoms with Crippen LogP contribution in [0.3, 0.4) is 0 Å². The van der Waals surface area contributed by atoms with Crippen LogP contribution in [0.4, 0.5) is 0 Å². The van der Waals surface area contributed by atoms with Gasteiger partial charge in [-0.05, 0) is 17.7 Å². The van der Waals surface area contributed by atoms with Gasteiger partial charge in [0.2, 0.25) is 5.82 Å². The van der Waals surface area contributed by atoms with Gasteiger partial charge < -0.3 is 0 Å². The molecule has 0 fully saturated rings. The van der Waals surface area contributed by atoms with E-state index >= 15 is 0 Å². The Labute approximate surface area is 121 Å². The molecule has 0 aliphatic carbocycles. The zero-order chi connectivity index (χ0) is 14.1. The van der Waals surface area contributed by atoms with Gasteiger partial charge >= 0.3 is 0 Å².